The SMILES string of the molecule is CCN(CC)C(=O)N1CCCC(C(C)O)C1. The molecular formula is C12H24N2O2. The summed E-state index contributed by atoms with van der Waals surface area (Å²) in [7, 11) is 0. The minimum Gasteiger partial charge on any atom is -0.393 e. The lowest BCUT2D eigenvalue weighted by Gasteiger charge is -2.36. The monoisotopic (exact) mass is 228 g/mol. The summed E-state index contributed by atoms with van der Waals surface area (Å²) in [4.78, 5) is 15.8. The van der Waals surface area contributed by atoms with Gasteiger partial charge in [0, 0.05) is 32.1 Å². The third-order valence-corrected chi connectivity index (χ3v) is 3.44. The fraction of sp³-hybridized carbons (Fsp3) is 0.917. The molecule has 4 nitrogen and oxygen atoms in total. The number of carbonyl (C=O) groups excluding carboxylic acids is 1. The predicted octanol–water partition coefficient (Wildman–Crippen LogP) is 1.54. The summed E-state index contributed by atoms with van der Waals surface area (Å²) in [6.07, 6.45) is 1.72. The van der Waals surface area contributed by atoms with Crippen molar-refractivity contribution in [2.45, 2.75) is 39.7 Å². The number of piperidine rings is 1. The Kier molecular flexibility index (Phi) is 5.06. The lowest BCUT2D eigenvalue weighted by molar-refractivity contribution is 0.0656. The van der Waals surface area contributed by atoms with Crippen LogP contribution in [0.4, 0.5) is 4.79 Å². The quantitative estimate of drug-likeness (QED) is 0.796. The third kappa shape index (κ3) is 3.11. The van der Waals surface area contributed by atoms with Crippen LogP contribution >= 0.6 is 0 Å². The van der Waals surface area contributed by atoms with Crippen LogP contribution in [0.5, 0.6) is 0 Å². The maximum atomic E-state index is 12.1. The van der Waals surface area contributed by atoms with Crippen LogP contribution in [0.3, 0.4) is 0 Å². The maximum Gasteiger partial charge on any atom is 0.319 e. The van der Waals surface area contributed by atoms with Crippen molar-refractivity contribution in [2.75, 3.05) is 26.2 Å². The summed E-state index contributed by atoms with van der Waals surface area (Å²) in [5.41, 5.74) is 0. The van der Waals surface area contributed by atoms with Crippen molar-refractivity contribution in [3.8, 4) is 0 Å². The van der Waals surface area contributed by atoms with Gasteiger partial charge in [0.05, 0.1) is 6.10 Å². The summed E-state index contributed by atoms with van der Waals surface area (Å²) in [5.74, 6) is 0.244. The molecule has 0 saturated carbocycles. The van der Waals surface area contributed by atoms with E-state index in [0.29, 0.717) is 6.54 Å². The summed E-state index contributed by atoms with van der Waals surface area (Å²) < 4.78 is 0. The number of hydrogen-bond acceptors (Lipinski definition) is 2. The molecule has 1 aliphatic rings. The molecule has 0 aliphatic carbocycles. The van der Waals surface area contributed by atoms with Gasteiger partial charge in [-0.15, -0.1) is 0 Å². The number of urea groups is 1. The van der Waals surface area contributed by atoms with Gasteiger partial charge in [-0.1, -0.05) is 0 Å². The second kappa shape index (κ2) is 6.09. The molecule has 0 aromatic rings. The molecule has 0 aromatic heterocycles. The van der Waals surface area contributed by atoms with Gasteiger partial charge in [0.2, 0.25) is 0 Å². The molecule has 1 saturated heterocycles. The molecule has 1 fully saturated rings. The Morgan fingerprint density at radius 3 is 2.62 bits per heavy atom. The highest BCUT2D eigenvalue weighted by Gasteiger charge is 2.28. The Labute approximate surface area is 98.2 Å². The molecule has 2 unspecified atom stereocenters. The average molecular weight is 228 g/mol. The molecule has 94 valence electrons. The van der Waals surface area contributed by atoms with Gasteiger partial charge in [-0.3, -0.25) is 0 Å². The number of amides is 2. The second-order valence-corrected chi connectivity index (χ2v) is 4.54. The average Bonchev–Trinajstić information content (AvgIpc) is 2.30. The first kappa shape index (κ1) is 13.3. The van der Waals surface area contributed by atoms with E-state index in [9.17, 15) is 9.90 Å². The van der Waals surface area contributed by atoms with Crippen LogP contribution in [0.15, 0.2) is 0 Å². The van der Waals surface area contributed by atoms with Gasteiger partial charge in [-0.2, -0.15) is 0 Å². The maximum absolute atomic E-state index is 12.1. The van der Waals surface area contributed by atoms with Crippen molar-refractivity contribution in [2.24, 2.45) is 5.92 Å². The molecule has 16 heavy (non-hydrogen) atoms. The number of hydrogen-bond donors (Lipinski definition) is 1. The Hall–Kier alpha value is -0.770. The van der Waals surface area contributed by atoms with Crippen molar-refractivity contribution in [1.29, 1.82) is 0 Å². The van der Waals surface area contributed by atoms with Gasteiger partial charge >= 0.3 is 6.03 Å². The molecule has 1 rings (SSSR count). The predicted molar refractivity (Wildman–Crippen MR) is 64.3 cm³/mol. The number of rotatable bonds is 3. The van der Waals surface area contributed by atoms with Crippen LogP contribution in [0.25, 0.3) is 0 Å². The van der Waals surface area contributed by atoms with E-state index in [4.69, 9.17) is 0 Å². The zero-order valence-electron chi connectivity index (χ0n) is 10.6. The van der Waals surface area contributed by atoms with E-state index in [0.717, 1.165) is 32.5 Å². The highest BCUT2D eigenvalue weighted by molar-refractivity contribution is 5.74. The van der Waals surface area contributed by atoms with E-state index < -0.39 is 0 Å². The van der Waals surface area contributed by atoms with Crippen molar-refractivity contribution < 1.29 is 9.90 Å². The highest BCUT2D eigenvalue weighted by Crippen LogP contribution is 2.20. The lowest BCUT2D eigenvalue weighted by atomic mass is 9.94. The number of nitrogens with zero attached hydrogens (tertiary/aromatic N) is 2. The highest BCUT2D eigenvalue weighted by atomic mass is 16.3. The third-order valence-electron chi connectivity index (χ3n) is 3.44. The fourth-order valence-corrected chi connectivity index (χ4v) is 2.27. The van der Waals surface area contributed by atoms with Crippen LogP contribution in [0.1, 0.15) is 33.6 Å². The Bertz CT molecular complexity index is 227. The number of aliphatic hydroxyl groups is 1. The van der Waals surface area contributed by atoms with Crippen molar-refractivity contribution in [3.05, 3.63) is 0 Å². The standard InChI is InChI=1S/C12H24N2O2/c1-4-13(5-2)12(16)14-8-6-7-11(9-14)10(3)15/h10-11,15H,4-9H2,1-3H3. The molecule has 2 amide bonds. The van der Waals surface area contributed by atoms with Gasteiger partial charge in [0.25, 0.3) is 0 Å². The van der Waals surface area contributed by atoms with Crippen LogP contribution in [0, 0.1) is 5.92 Å². The zero-order valence-corrected chi connectivity index (χ0v) is 10.6. The van der Waals surface area contributed by atoms with E-state index in [1.807, 2.05) is 30.6 Å². The molecule has 0 bridgehead atoms. The van der Waals surface area contributed by atoms with Gasteiger partial charge in [-0.05, 0) is 33.6 Å². The van der Waals surface area contributed by atoms with E-state index in [1.165, 1.54) is 0 Å². The van der Waals surface area contributed by atoms with Crippen LogP contribution < -0.4 is 0 Å². The minimum absolute atomic E-state index is 0.121. The molecule has 0 radical (unpaired) electrons. The Morgan fingerprint density at radius 2 is 2.12 bits per heavy atom. The van der Waals surface area contributed by atoms with Gasteiger partial charge < -0.3 is 14.9 Å². The molecule has 1 aliphatic heterocycles. The lowest BCUT2D eigenvalue weighted by Crippen LogP contribution is -2.49. The summed E-state index contributed by atoms with van der Waals surface area (Å²) >= 11 is 0. The first-order valence-corrected chi connectivity index (χ1v) is 6.32. The topological polar surface area (TPSA) is 43.8 Å². The molecular weight excluding hydrogens is 204 g/mol. The summed E-state index contributed by atoms with van der Waals surface area (Å²) in [6.45, 7) is 8.85. The van der Waals surface area contributed by atoms with Crippen LogP contribution in [-0.2, 0) is 0 Å². The van der Waals surface area contributed by atoms with E-state index in [-0.39, 0.29) is 18.1 Å². The molecule has 1 heterocycles. The zero-order chi connectivity index (χ0) is 12.1. The molecule has 4 heteroatoms. The Morgan fingerprint density at radius 1 is 1.50 bits per heavy atom. The van der Waals surface area contributed by atoms with E-state index >= 15 is 0 Å². The number of likely N-dealkylation sites (tertiary alicyclic amines) is 1. The number of carbonyl (C=O) groups is 1. The molecule has 0 aromatic carbocycles. The van der Waals surface area contributed by atoms with Gasteiger partial charge in [0.1, 0.15) is 0 Å². The molecule has 1 N–H and O–H groups in total. The van der Waals surface area contributed by atoms with Crippen LogP contribution in [-0.4, -0.2) is 53.2 Å². The van der Waals surface area contributed by atoms with E-state index in [1.54, 1.807) is 0 Å². The van der Waals surface area contributed by atoms with Crippen molar-refractivity contribution in [1.82, 2.24) is 9.80 Å². The normalized spacial score (nSPS) is 23.0. The second-order valence-electron chi connectivity index (χ2n) is 4.54. The van der Waals surface area contributed by atoms with Gasteiger partial charge in [-0.25, -0.2) is 4.79 Å². The molecule has 0 spiro atoms. The fourth-order valence-electron chi connectivity index (χ4n) is 2.27. The first-order valence-electron chi connectivity index (χ1n) is 6.32. The summed E-state index contributed by atoms with van der Waals surface area (Å²) in [5, 5.41) is 9.58. The van der Waals surface area contributed by atoms with Gasteiger partial charge in [0.15, 0.2) is 0 Å². The van der Waals surface area contributed by atoms with E-state index in [2.05, 4.69) is 0 Å². The number of aliphatic hydroxyl groups excluding tert-OH is 1. The summed E-state index contributed by atoms with van der Waals surface area (Å²) in [6, 6.07) is 0.121. The largest absolute Gasteiger partial charge is 0.393 e. The van der Waals surface area contributed by atoms with Crippen molar-refractivity contribution in [3.63, 3.8) is 0 Å². The first-order chi connectivity index (χ1) is 7.60. The Balaban J connectivity index is 2.56. The minimum atomic E-state index is -0.313. The smallest absolute Gasteiger partial charge is 0.319 e. The van der Waals surface area contributed by atoms with Crippen molar-refractivity contribution >= 4 is 6.03 Å². The molecule has 2 atom stereocenters. The van der Waals surface area contributed by atoms with Crippen LogP contribution in [0.2, 0.25) is 0 Å².